The Balaban J connectivity index is 1.75. The Bertz CT molecular complexity index is 1020. The first-order valence-corrected chi connectivity index (χ1v) is 9.16. The number of carbonyl (C=O) groups excluding carboxylic acids is 1. The van der Waals surface area contributed by atoms with Crippen molar-refractivity contribution in [3.63, 3.8) is 0 Å². The average Bonchev–Trinajstić information content (AvgIpc) is 3.49. The first-order valence-electron chi connectivity index (χ1n) is 9.16. The number of rotatable bonds is 7. The van der Waals surface area contributed by atoms with Crippen LogP contribution in [0.3, 0.4) is 0 Å². The molecule has 0 bridgehead atoms. The minimum atomic E-state index is -0.158. The van der Waals surface area contributed by atoms with Crippen molar-refractivity contribution >= 4 is 5.91 Å². The minimum Gasteiger partial charge on any atom is -0.496 e. The SMILES string of the molecule is C=CCNC(=O)c1cnn(-c2nccc(-c3ccccc3OC)n2)c1C1CC1. The third-order valence-electron chi connectivity index (χ3n) is 4.64. The van der Waals surface area contributed by atoms with Crippen LogP contribution < -0.4 is 10.1 Å². The monoisotopic (exact) mass is 375 g/mol. The number of hydrogen-bond acceptors (Lipinski definition) is 5. The molecule has 1 N–H and O–H groups in total. The lowest BCUT2D eigenvalue weighted by atomic mass is 10.1. The second kappa shape index (κ2) is 7.64. The number of aromatic nitrogens is 4. The summed E-state index contributed by atoms with van der Waals surface area (Å²) in [5.41, 5.74) is 3.03. The molecule has 1 amide bonds. The highest BCUT2D eigenvalue weighted by molar-refractivity contribution is 5.95. The molecule has 4 rings (SSSR count). The van der Waals surface area contributed by atoms with Crippen molar-refractivity contribution in [2.75, 3.05) is 13.7 Å². The summed E-state index contributed by atoms with van der Waals surface area (Å²) < 4.78 is 7.13. The Hall–Kier alpha value is -3.48. The number of amides is 1. The van der Waals surface area contributed by atoms with Gasteiger partial charge in [-0.05, 0) is 31.0 Å². The lowest BCUT2D eigenvalue weighted by Crippen LogP contribution is -2.24. The Morgan fingerprint density at radius 1 is 1.36 bits per heavy atom. The van der Waals surface area contributed by atoms with Crippen molar-refractivity contribution in [1.29, 1.82) is 0 Å². The van der Waals surface area contributed by atoms with Gasteiger partial charge in [-0.25, -0.2) is 14.6 Å². The van der Waals surface area contributed by atoms with Gasteiger partial charge in [-0.3, -0.25) is 4.79 Å². The standard InChI is InChI=1S/C21H21N5O2/c1-3-11-22-20(27)16-13-24-26(19(16)14-8-9-14)21-23-12-10-17(25-21)15-6-4-5-7-18(15)28-2/h3-7,10,12-14H,1,8-9,11H2,2H3,(H,22,27). The molecule has 28 heavy (non-hydrogen) atoms. The number of carbonyl (C=O) groups is 1. The highest BCUT2D eigenvalue weighted by Gasteiger charge is 2.33. The molecule has 0 saturated heterocycles. The van der Waals surface area contributed by atoms with E-state index in [-0.39, 0.29) is 5.91 Å². The molecule has 0 atom stereocenters. The quantitative estimate of drug-likeness (QED) is 0.642. The van der Waals surface area contributed by atoms with E-state index in [1.807, 2.05) is 30.3 Å². The molecule has 1 aliphatic rings. The molecule has 7 heteroatoms. The zero-order valence-electron chi connectivity index (χ0n) is 15.6. The third kappa shape index (κ3) is 3.38. The van der Waals surface area contributed by atoms with Gasteiger partial charge in [0.15, 0.2) is 0 Å². The summed E-state index contributed by atoms with van der Waals surface area (Å²) in [5.74, 6) is 1.31. The lowest BCUT2D eigenvalue weighted by Gasteiger charge is -2.10. The van der Waals surface area contributed by atoms with Crippen LogP contribution in [0, 0.1) is 0 Å². The average molecular weight is 375 g/mol. The van der Waals surface area contributed by atoms with Crippen molar-refractivity contribution in [1.82, 2.24) is 25.1 Å². The van der Waals surface area contributed by atoms with E-state index >= 15 is 0 Å². The van der Waals surface area contributed by atoms with E-state index in [0.29, 0.717) is 24.0 Å². The Morgan fingerprint density at radius 3 is 2.93 bits per heavy atom. The van der Waals surface area contributed by atoms with E-state index in [1.54, 1.807) is 30.3 Å². The van der Waals surface area contributed by atoms with Gasteiger partial charge in [-0.15, -0.1) is 6.58 Å². The summed E-state index contributed by atoms with van der Waals surface area (Å²) in [7, 11) is 1.63. The molecule has 1 fully saturated rings. The first kappa shape index (κ1) is 17.9. The highest BCUT2D eigenvalue weighted by Crippen LogP contribution is 2.42. The highest BCUT2D eigenvalue weighted by atomic mass is 16.5. The molecule has 0 spiro atoms. The molecule has 0 radical (unpaired) electrons. The van der Waals surface area contributed by atoms with Gasteiger partial charge in [-0.1, -0.05) is 18.2 Å². The van der Waals surface area contributed by atoms with Gasteiger partial charge in [0.25, 0.3) is 11.9 Å². The van der Waals surface area contributed by atoms with Crippen LogP contribution in [-0.4, -0.2) is 39.3 Å². The molecular formula is C21H21N5O2. The maximum Gasteiger partial charge on any atom is 0.255 e. The molecule has 1 saturated carbocycles. The van der Waals surface area contributed by atoms with Gasteiger partial charge in [0.1, 0.15) is 5.75 Å². The van der Waals surface area contributed by atoms with E-state index in [4.69, 9.17) is 4.74 Å². The number of ether oxygens (including phenoxy) is 1. The van der Waals surface area contributed by atoms with E-state index in [2.05, 4.69) is 27.0 Å². The second-order valence-electron chi connectivity index (χ2n) is 6.57. The van der Waals surface area contributed by atoms with Crippen LogP contribution in [0.1, 0.15) is 34.8 Å². The summed E-state index contributed by atoms with van der Waals surface area (Å²) in [6.07, 6.45) is 6.99. The summed E-state index contributed by atoms with van der Waals surface area (Å²) in [4.78, 5) is 21.6. The molecule has 3 aromatic rings. The van der Waals surface area contributed by atoms with Crippen molar-refractivity contribution in [3.05, 3.63) is 66.6 Å². The molecule has 7 nitrogen and oxygen atoms in total. The summed E-state index contributed by atoms with van der Waals surface area (Å²) in [6.45, 7) is 4.05. The van der Waals surface area contributed by atoms with Gasteiger partial charge >= 0.3 is 0 Å². The van der Waals surface area contributed by atoms with Gasteiger partial charge < -0.3 is 10.1 Å². The van der Waals surface area contributed by atoms with E-state index in [1.165, 1.54) is 0 Å². The fourth-order valence-electron chi connectivity index (χ4n) is 3.16. The molecule has 2 aromatic heterocycles. The minimum absolute atomic E-state index is 0.158. The van der Waals surface area contributed by atoms with Crippen LogP contribution in [0.2, 0.25) is 0 Å². The maximum atomic E-state index is 12.5. The van der Waals surface area contributed by atoms with Crippen LogP contribution in [0.5, 0.6) is 5.75 Å². The van der Waals surface area contributed by atoms with Crippen molar-refractivity contribution in [2.45, 2.75) is 18.8 Å². The summed E-state index contributed by atoms with van der Waals surface area (Å²) >= 11 is 0. The maximum absolute atomic E-state index is 12.5. The zero-order valence-corrected chi connectivity index (χ0v) is 15.6. The number of methoxy groups -OCH3 is 1. The molecular weight excluding hydrogens is 354 g/mol. The van der Waals surface area contributed by atoms with Crippen LogP contribution in [0.4, 0.5) is 0 Å². The first-order chi connectivity index (χ1) is 13.7. The summed E-state index contributed by atoms with van der Waals surface area (Å²) in [6, 6.07) is 9.52. The molecule has 142 valence electrons. The number of hydrogen-bond donors (Lipinski definition) is 1. The summed E-state index contributed by atoms with van der Waals surface area (Å²) in [5, 5.41) is 7.25. The Kier molecular flexibility index (Phi) is 4.89. The van der Waals surface area contributed by atoms with Gasteiger partial charge in [0, 0.05) is 24.2 Å². The number of nitrogens with zero attached hydrogens (tertiary/aromatic N) is 4. The van der Waals surface area contributed by atoms with Gasteiger partial charge in [-0.2, -0.15) is 5.10 Å². The van der Waals surface area contributed by atoms with Crippen molar-refractivity contribution in [2.24, 2.45) is 0 Å². The largest absolute Gasteiger partial charge is 0.496 e. The van der Waals surface area contributed by atoms with E-state index in [9.17, 15) is 4.79 Å². The van der Waals surface area contributed by atoms with Crippen molar-refractivity contribution in [3.8, 4) is 23.0 Å². The van der Waals surface area contributed by atoms with Gasteiger partial charge in [0.2, 0.25) is 0 Å². The number of benzene rings is 1. The zero-order chi connectivity index (χ0) is 19.5. The molecule has 0 aliphatic heterocycles. The van der Waals surface area contributed by atoms with Crippen LogP contribution in [0.15, 0.2) is 55.4 Å². The molecule has 0 unspecified atom stereocenters. The Morgan fingerprint density at radius 2 is 2.18 bits per heavy atom. The number of para-hydroxylation sites is 1. The fraction of sp³-hybridized carbons (Fsp3) is 0.238. The van der Waals surface area contributed by atoms with Gasteiger partial charge in [0.05, 0.1) is 30.3 Å². The molecule has 1 aromatic carbocycles. The van der Waals surface area contributed by atoms with E-state index in [0.717, 1.165) is 35.5 Å². The smallest absolute Gasteiger partial charge is 0.255 e. The predicted octanol–water partition coefficient (Wildman–Crippen LogP) is 3.13. The topological polar surface area (TPSA) is 81.9 Å². The molecule has 1 aliphatic carbocycles. The van der Waals surface area contributed by atoms with Crippen LogP contribution in [-0.2, 0) is 0 Å². The Labute approximate surface area is 163 Å². The lowest BCUT2D eigenvalue weighted by molar-refractivity contribution is 0.0957. The van der Waals surface area contributed by atoms with Crippen molar-refractivity contribution < 1.29 is 9.53 Å². The fourth-order valence-corrected chi connectivity index (χ4v) is 3.16. The van der Waals surface area contributed by atoms with E-state index < -0.39 is 0 Å². The third-order valence-corrected chi connectivity index (χ3v) is 4.64. The normalized spacial score (nSPS) is 13.2. The predicted molar refractivity (Wildman–Crippen MR) is 106 cm³/mol. The second-order valence-corrected chi connectivity index (χ2v) is 6.57. The number of nitrogens with one attached hydrogen (secondary N) is 1. The van der Waals surface area contributed by atoms with Crippen LogP contribution >= 0.6 is 0 Å². The van der Waals surface area contributed by atoms with Crippen LogP contribution in [0.25, 0.3) is 17.2 Å². The molecule has 2 heterocycles.